The van der Waals surface area contributed by atoms with Crippen molar-refractivity contribution in [2.45, 2.75) is 65.1 Å². The Morgan fingerprint density at radius 2 is 2.05 bits per heavy atom. The second-order valence-electron chi connectivity index (χ2n) is 7.05. The molecule has 5 nitrogen and oxygen atoms in total. The van der Waals surface area contributed by atoms with Gasteiger partial charge in [-0.25, -0.2) is 4.79 Å². The average Bonchev–Trinajstić information content (AvgIpc) is 2.25. The van der Waals surface area contributed by atoms with E-state index in [2.05, 4.69) is 39.2 Å². The van der Waals surface area contributed by atoms with E-state index >= 15 is 0 Å². The van der Waals surface area contributed by atoms with Crippen LogP contribution in [0.5, 0.6) is 0 Å². The molecule has 0 spiro atoms. The summed E-state index contributed by atoms with van der Waals surface area (Å²) in [7, 11) is -1.91. The molecule has 1 saturated heterocycles. The van der Waals surface area contributed by atoms with Crippen LogP contribution < -0.4 is 5.32 Å². The van der Waals surface area contributed by atoms with Gasteiger partial charge in [-0.15, -0.1) is 0 Å². The smallest absolute Gasteiger partial charge is 0.332 e. The van der Waals surface area contributed by atoms with Crippen LogP contribution in [0.25, 0.3) is 0 Å². The monoisotopic (exact) mass is 315 g/mol. The van der Waals surface area contributed by atoms with Crippen molar-refractivity contribution in [3.05, 3.63) is 11.8 Å². The van der Waals surface area contributed by atoms with Gasteiger partial charge in [-0.1, -0.05) is 20.8 Å². The van der Waals surface area contributed by atoms with Gasteiger partial charge in [0.15, 0.2) is 8.32 Å². The van der Waals surface area contributed by atoms with Crippen molar-refractivity contribution in [2.75, 3.05) is 6.61 Å². The average molecular weight is 315 g/mol. The molecule has 1 fully saturated rings. The van der Waals surface area contributed by atoms with Gasteiger partial charge in [0.2, 0.25) is 0 Å². The molecular formula is C15H29NO4Si. The fraction of sp³-hybridized carbons (Fsp3) is 0.800. The molecule has 0 saturated carbocycles. The predicted octanol–water partition coefficient (Wildman–Crippen LogP) is 2.38. The van der Waals surface area contributed by atoms with E-state index in [1.165, 1.54) is 6.08 Å². The number of ether oxygens (including phenoxy) is 1. The molecule has 6 heteroatoms. The van der Waals surface area contributed by atoms with Gasteiger partial charge in [-0.2, -0.15) is 0 Å². The maximum atomic E-state index is 11.5. The number of carbonyl (C=O) groups is 1. The lowest BCUT2D eigenvalue weighted by Crippen LogP contribution is -2.58. The molecule has 3 atom stereocenters. The number of hydrogen-bond donors (Lipinski definition) is 2. The minimum absolute atomic E-state index is 0.106. The van der Waals surface area contributed by atoms with Gasteiger partial charge in [-0.3, -0.25) is 0 Å². The molecule has 1 heterocycles. The number of rotatable bonds is 5. The first-order chi connectivity index (χ1) is 9.49. The van der Waals surface area contributed by atoms with Gasteiger partial charge in [0.1, 0.15) is 6.23 Å². The zero-order valence-corrected chi connectivity index (χ0v) is 15.2. The highest BCUT2D eigenvalue weighted by Crippen LogP contribution is 2.39. The van der Waals surface area contributed by atoms with Gasteiger partial charge in [0, 0.05) is 11.8 Å². The number of carbonyl (C=O) groups excluding carboxylic acids is 1. The summed E-state index contributed by atoms with van der Waals surface area (Å²) in [6, 6.07) is 0. The first-order valence-corrected chi connectivity index (χ1v) is 10.4. The minimum Gasteiger partial charge on any atom is -0.463 e. The molecule has 0 aromatic heterocycles. The second-order valence-corrected chi connectivity index (χ2v) is 11.8. The van der Waals surface area contributed by atoms with E-state index in [4.69, 9.17) is 9.16 Å². The Kier molecular flexibility index (Phi) is 5.63. The third kappa shape index (κ3) is 4.31. The first-order valence-electron chi connectivity index (χ1n) is 7.50. The third-order valence-corrected chi connectivity index (χ3v) is 8.94. The van der Waals surface area contributed by atoms with E-state index in [0.29, 0.717) is 12.3 Å². The zero-order valence-electron chi connectivity index (χ0n) is 14.2. The summed E-state index contributed by atoms with van der Waals surface area (Å²) >= 11 is 0. The molecular weight excluding hydrogens is 286 g/mol. The van der Waals surface area contributed by atoms with Crippen molar-refractivity contribution in [3.8, 4) is 0 Å². The van der Waals surface area contributed by atoms with Crippen LogP contribution in [-0.4, -0.2) is 38.3 Å². The maximum Gasteiger partial charge on any atom is 0.332 e. The van der Waals surface area contributed by atoms with Crippen molar-refractivity contribution in [3.63, 3.8) is 0 Å². The Labute approximate surface area is 128 Å². The second kappa shape index (κ2) is 6.50. The van der Waals surface area contributed by atoms with Crippen LogP contribution in [0.4, 0.5) is 0 Å². The van der Waals surface area contributed by atoms with Crippen LogP contribution in [0.1, 0.15) is 34.6 Å². The summed E-state index contributed by atoms with van der Waals surface area (Å²) in [5, 5.41) is 12.9. The molecule has 0 radical (unpaired) electrons. The molecule has 122 valence electrons. The van der Waals surface area contributed by atoms with Crippen LogP contribution in [-0.2, 0) is 14.0 Å². The normalized spacial score (nSPS) is 26.0. The lowest BCUT2D eigenvalue weighted by Gasteiger charge is -2.46. The summed E-state index contributed by atoms with van der Waals surface area (Å²) in [5.41, 5.74) is 0.687. The van der Waals surface area contributed by atoms with Crippen molar-refractivity contribution in [2.24, 2.45) is 5.92 Å². The zero-order chi connectivity index (χ0) is 16.4. The van der Waals surface area contributed by atoms with Crippen molar-refractivity contribution < 1.29 is 19.1 Å². The van der Waals surface area contributed by atoms with Crippen molar-refractivity contribution in [1.82, 2.24) is 5.32 Å². The van der Waals surface area contributed by atoms with Crippen LogP contribution in [0.2, 0.25) is 18.1 Å². The predicted molar refractivity (Wildman–Crippen MR) is 85.1 cm³/mol. The summed E-state index contributed by atoms with van der Waals surface area (Å²) in [6.07, 6.45) is 0.583. The van der Waals surface area contributed by atoms with E-state index in [-0.39, 0.29) is 17.1 Å². The summed E-state index contributed by atoms with van der Waals surface area (Å²) in [4.78, 5) is 11.5. The van der Waals surface area contributed by atoms with E-state index in [9.17, 15) is 9.90 Å². The summed E-state index contributed by atoms with van der Waals surface area (Å²) < 4.78 is 11.2. The molecule has 0 amide bonds. The van der Waals surface area contributed by atoms with E-state index in [0.717, 1.165) is 0 Å². The molecule has 0 bridgehead atoms. The molecule has 1 rings (SSSR count). The van der Waals surface area contributed by atoms with Gasteiger partial charge in [0.25, 0.3) is 0 Å². The highest BCUT2D eigenvalue weighted by molar-refractivity contribution is 6.74. The first kappa shape index (κ1) is 18.2. The van der Waals surface area contributed by atoms with Gasteiger partial charge in [-0.05, 0) is 32.0 Å². The molecule has 2 N–H and O–H groups in total. The Bertz CT molecular complexity index is 414. The molecule has 1 unspecified atom stereocenters. The largest absolute Gasteiger partial charge is 0.463 e. The van der Waals surface area contributed by atoms with Gasteiger partial charge >= 0.3 is 5.97 Å². The Morgan fingerprint density at radius 3 is 2.48 bits per heavy atom. The quantitative estimate of drug-likeness (QED) is 0.463. The van der Waals surface area contributed by atoms with Crippen molar-refractivity contribution >= 4 is 14.3 Å². The summed E-state index contributed by atoms with van der Waals surface area (Å²) in [6.45, 7) is 14.9. The highest BCUT2D eigenvalue weighted by atomic mass is 28.4. The third-order valence-electron chi connectivity index (χ3n) is 4.37. The van der Waals surface area contributed by atoms with Crippen molar-refractivity contribution in [1.29, 1.82) is 0 Å². The van der Waals surface area contributed by atoms with Crippen LogP contribution in [0.15, 0.2) is 11.8 Å². The molecule has 0 aromatic rings. The Hall–Kier alpha value is -0.853. The number of nitrogens with one attached hydrogen (secondary N) is 1. The fourth-order valence-corrected chi connectivity index (χ4v) is 3.53. The van der Waals surface area contributed by atoms with Gasteiger partial charge in [0.05, 0.1) is 18.6 Å². The summed E-state index contributed by atoms with van der Waals surface area (Å²) in [5.74, 6) is -0.597. The van der Waals surface area contributed by atoms with Crippen LogP contribution in [0, 0.1) is 5.92 Å². The number of esters is 1. The molecule has 1 aliphatic heterocycles. The lowest BCUT2D eigenvalue weighted by atomic mass is 9.90. The molecule has 1 aliphatic rings. The lowest BCUT2D eigenvalue weighted by molar-refractivity contribution is -0.137. The molecule has 21 heavy (non-hydrogen) atoms. The SMILES string of the molecule is CCOC(=O)/C=C1/NC(O)[C@@H]1[C@@H](C)O[Si](C)(C)C(C)(C)C. The van der Waals surface area contributed by atoms with Crippen LogP contribution >= 0.6 is 0 Å². The fourth-order valence-electron chi connectivity index (χ4n) is 2.10. The van der Waals surface area contributed by atoms with Crippen LogP contribution in [0.3, 0.4) is 0 Å². The topological polar surface area (TPSA) is 67.8 Å². The molecule has 0 aliphatic carbocycles. The minimum atomic E-state index is -1.91. The number of hydrogen-bond acceptors (Lipinski definition) is 5. The standard InChI is InChI=1S/C15H29NO4Si/c1-8-19-12(17)9-11-13(14(18)16-11)10(2)20-21(6,7)15(3,4)5/h9-10,13-14,16,18H,8H2,1-7H3/b11-9+/t10-,13-,14?/m1/s1. The Balaban J connectivity index is 2.76. The highest BCUT2D eigenvalue weighted by Gasteiger charge is 2.45. The van der Waals surface area contributed by atoms with E-state index in [1.807, 2.05) is 6.92 Å². The Morgan fingerprint density at radius 1 is 1.48 bits per heavy atom. The van der Waals surface area contributed by atoms with E-state index in [1.54, 1.807) is 6.92 Å². The number of aliphatic hydroxyl groups excluding tert-OH is 1. The van der Waals surface area contributed by atoms with Gasteiger partial charge < -0.3 is 19.6 Å². The molecule has 0 aromatic carbocycles. The maximum absolute atomic E-state index is 11.5. The van der Waals surface area contributed by atoms with E-state index < -0.39 is 20.5 Å². The number of aliphatic hydroxyl groups is 1.